The molecule has 0 amide bonds. The minimum absolute atomic E-state index is 0.193. The van der Waals surface area contributed by atoms with Crippen molar-refractivity contribution >= 4 is 5.69 Å². The SMILES string of the molecule is Fc1ccc(NC2CCC2F)c(F)c1F. The van der Waals surface area contributed by atoms with E-state index in [4.69, 9.17) is 0 Å². The van der Waals surface area contributed by atoms with Crippen LogP contribution < -0.4 is 5.32 Å². The first-order valence-electron chi connectivity index (χ1n) is 4.63. The third-order valence-electron chi connectivity index (χ3n) is 2.57. The first kappa shape index (κ1) is 10.3. The van der Waals surface area contributed by atoms with Gasteiger partial charge in [0.15, 0.2) is 17.5 Å². The van der Waals surface area contributed by atoms with Gasteiger partial charge in [0.05, 0.1) is 11.7 Å². The van der Waals surface area contributed by atoms with Gasteiger partial charge >= 0.3 is 0 Å². The molecule has 15 heavy (non-hydrogen) atoms. The van der Waals surface area contributed by atoms with Crippen LogP contribution in [0.5, 0.6) is 0 Å². The van der Waals surface area contributed by atoms with Gasteiger partial charge in [-0.05, 0) is 25.0 Å². The maximum atomic E-state index is 13.1. The molecule has 0 aromatic heterocycles. The van der Waals surface area contributed by atoms with Crippen LogP contribution in [0.2, 0.25) is 0 Å². The predicted molar refractivity (Wildman–Crippen MR) is 47.9 cm³/mol. The van der Waals surface area contributed by atoms with Crippen LogP contribution in [0.15, 0.2) is 12.1 Å². The highest BCUT2D eigenvalue weighted by Gasteiger charge is 2.31. The summed E-state index contributed by atoms with van der Waals surface area (Å²) in [5, 5.41) is 2.51. The Morgan fingerprint density at radius 3 is 2.33 bits per heavy atom. The van der Waals surface area contributed by atoms with E-state index in [1.165, 1.54) is 0 Å². The van der Waals surface area contributed by atoms with Crippen LogP contribution in [0.3, 0.4) is 0 Å². The lowest BCUT2D eigenvalue weighted by molar-refractivity contribution is 0.186. The van der Waals surface area contributed by atoms with E-state index < -0.39 is 29.7 Å². The van der Waals surface area contributed by atoms with E-state index in [1.807, 2.05) is 0 Å². The zero-order chi connectivity index (χ0) is 11.0. The van der Waals surface area contributed by atoms with Gasteiger partial charge in [0.25, 0.3) is 0 Å². The summed E-state index contributed by atoms with van der Waals surface area (Å²) >= 11 is 0. The van der Waals surface area contributed by atoms with Crippen molar-refractivity contribution in [2.75, 3.05) is 5.32 Å². The zero-order valence-electron chi connectivity index (χ0n) is 7.74. The topological polar surface area (TPSA) is 12.0 Å². The summed E-state index contributed by atoms with van der Waals surface area (Å²) in [5.74, 6) is -4.08. The Balaban J connectivity index is 2.18. The molecule has 82 valence electrons. The average molecular weight is 219 g/mol. The van der Waals surface area contributed by atoms with Gasteiger partial charge in [0.2, 0.25) is 0 Å². The molecule has 2 unspecified atom stereocenters. The fourth-order valence-corrected chi connectivity index (χ4v) is 1.46. The highest BCUT2D eigenvalue weighted by Crippen LogP contribution is 2.28. The van der Waals surface area contributed by atoms with Crippen molar-refractivity contribution < 1.29 is 17.6 Å². The predicted octanol–water partition coefficient (Wildman–Crippen LogP) is 3.02. The molecule has 1 saturated carbocycles. The molecule has 2 atom stereocenters. The summed E-state index contributed by atoms with van der Waals surface area (Å²) in [5.41, 5.74) is -0.193. The summed E-state index contributed by atoms with van der Waals surface area (Å²) in [6, 6.07) is 1.38. The highest BCUT2D eigenvalue weighted by atomic mass is 19.2. The van der Waals surface area contributed by atoms with Crippen LogP contribution in [0.25, 0.3) is 0 Å². The molecule has 1 aromatic carbocycles. The Kier molecular flexibility index (Phi) is 2.54. The molecular formula is C10H9F4N. The molecule has 0 bridgehead atoms. The van der Waals surface area contributed by atoms with Gasteiger partial charge in [0, 0.05) is 0 Å². The Labute approximate surface area is 84.1 Å². The number of anilines is 1. The zero-order valence-corrected chi connectivity index (χ0v) is 7.74. The van der Waals surface area contributed by atoms with Gasteiger partial charge in [0.1, 0.15) is 6.17 Å². The smallest absolute Gasteiger partial charge is 0.196 e. The summed E-state index contributed by atoms with van der Waals surface area (Å²) < 4.78 is 51.3. The average Bonchev–Trinajstić information content (AvgIpc) is 2.23. The molecule has 1 aliphatic carbocycles. The monoisotopic (exact) mass is 219 g/mol. The van der Waals surface area contributed by atoms with Crippen molar-refractivity contribution in [1.29, 1.82) is 0 Å². The van der Waals surface area contributed by atoms with E-state index in [0.717, 1.165) is 12.1 Å². The normalized spacial score (nSPS) is 24.8. The number of alkyl halides is 1. The molecule has 0 spiro atoms. The van der Waals surface area contributed by atoms with Crippen molar-refractivity contribution in [2.45, 2.75) is 25.1 Å². The lowest BCUT2D eigenvalue weighted by Crippen LogP contribution is -2.40. The first-order valence-corrected chi connectivity index (χ1v) is 4.63. The fraction of sp³-hybridized carbons (Fsp3) is 0.400. The number of halogens is 4. The number of hydrogen-bond donors (Lipinski definition) is 1. The molecule has 0 radical (unpaired) electrons. The van der Waals surface area contributed by atoms with Crippen LogP contribution in [-0.4, -0.2) is 12.2 Å². The lowest BCUT2D eigenvalue weighted by Gasteiger charge is -2.32. The highest BCUT2D eigenvalue weighted by molar-refractivity contribution is 5.46. The Bertz CT molecular complexity index is 380. The third kappa shape index (κ3) is 1.78. The van der Waals surface area contributed by atoms with Gasteiger partial charge in [-0.15, -0.1) is 0 Å². The van der Waals surface area contributed by atoms with Crippen molar-refractivity contribution in [3.05, 3.63) is 29.6 Å². The quantitative estimate of drug-likeness (QED) is 0.595. The molecular weight excluding hydrogens is 210 g/mol. The second kappa shape index (κ2) is 3.72. The largest absolute Gasteiger partial charge is 0.377 e. The molecule has 0 saturated heterocycles. The van der Waals surface area contributed by atoms with E-state index in [-0.39, 0.29) is 5.69 Å². The Morgan fingerprint density at radius 1 is 1.07 bits per heavy atom. The van der Waals surface area contributed by atoms with Crippen molar-refractivity contribution in [2.24, 2.45) is 0 Å². The van der Waals surface area contributed by atoms with Crippen LogP contribution in [0.4, 0.5) is 23.2 Å². The maximum Gasteiger partial charge on any atom is 0.196 e. The van der Waals surface area contributed by atoms with Crippen LogP contribution in [0.1, 0.15) is 12.8 Å². The Hall–Kier alpha value is -1.26. The molecule has 1 fully saturated rings. The fourth-order valence-electron chi connectivity index (χ4n) is 1.46. The van der Waals surface area contributed by atoms with Gasteiger partial charge in [-0.2, -0.15) is 0 Å². The lowest BCUT2D eigenvalue weighted by atomic mass is 9.90. The number of rotatable bonds is 2. The van der Waals surface area contributed by atoms with Crippen molar-refractivity contribution in [1.82, 2.24) is 0 Å². The van der Waals surface area contributed by atoms with Gasteiger partial charge in [-0.3, -0.25) is 0 Å². The number of nitrogens with one attached hydrogen (secondary N) is 1. The van der Waals surface area contributed by atoms with E-state index in [9.17, 15) is 17.6 Å². The number of hydrogen-bond acceptors (Lipinski definition) is 1. The minimum Gasteiger partial charge on any atom is -0.377 e. The molecule has 1 nitrogen and oxygen atoms in total. The minimum atomic E-state index is -1.53. The van der Waals surface area contributed by atoms with Gasteiger partial charge < -0.3 is 5.32 Å². The molecule has 0 aliphatic heterocycles. The summed E-state index contributed by atoms with van der Waals surface area (Å²) in [6.45, 7) is 0. The molecule has 1 N–H and O–H groups in total. The van der Waals surface area contributed by atoms with Crippen LogP contribution >= 0.6 is 0 Å². The van der Waals surface area contributed by atoms with Crippen molar-refractivity contribution in [3.63, 3.8) is 0 Å². The molecule has 5 heteroatoms. The van der Waals surface area contributed by atoms with Gasteiger partial charge in [-0.25, -0.2) is 17.6 Å². The first-order chi connectivity index (χ1) is 7.09. The maximum absolute atomic E-state index is 13.1. The second-order valence-electron chi connectivity index (χ2n) is 3.57. The van der Waals surface area contributed by atoms with E-state index in [0.29, 0.717) is 12.8 Å². The van der Waals surface area contributed by atoms with E-state index in [1.54, 1.807) is 0 Å². The summed E-state index contributed by atoms with van der Waals surface area (Å²) in [4.78, 5) is 0. The third-order valence-corrected chi connectivity index (χ3v) is 2.57. The van der Waals surface area contributed by atoms with Crippen LogP contribution in [-0.2, 0) is 0 Å². The second-order valence-corrected chi connectivity index (χ2v) is 3.57. The van der Waals surface area contributed by atoms with E-state index in [2.05, 4.69) is 5.32 Å². The molecule has 2 rings (SSSR count). The van der Waals surface area contributed by atoms with Crippen LogP contribution in [0, 0.1) is 17.5 Å². The van der Waals surface area contributed by atoms with Gasteiger partial charge in [-0.1, -0.05) is 0 Å². The molecule has 0 heterocycles. The summed E-state index contributed by atoms with van der Waals surface area (Å²) in [6.07, 6.45) is -0.0553. The molecule has 1 aliphatic rings. The Morgan fingerprint density at radius 2 is 1.80 bits per heavy atom. The molecule has 1 aromatic rings. The number of benzene rings is 1. The van der Waals surface area contributed by atoms with E-state index >= 15 is 0 Å². The standard InChI is InChI=1S/C10H9F4N/c11-5-1-3-7(5)15-8-4-2-6(12)9(13)10(8)14/h2,4-5,7,15H,1,3H2. The van der Waals surface area contributed by atoms with Crippen molar-refractivity contribution in [3.8, 4) is 0 Å². The summed E-state index contributed by atoms with van der Waals surface area (Å²) in [7, 11) is 0.